The molecule has 0 saturated heterocycles. The Balaban J connectivity index is 1.86. The Hall–Kier alpha value is -1.20. The van der Waals surface area contributed by atoms with Gasteiger partial charge >= 0.3 is 0 Å². The molecule has 0 aliphatic rings. The van der Waals surface area contributed by atoms with Gasteiger partial charge in [0.05, 0.1) is 18.0 Å². The van der Waals surface area contributed by atoms with Crippen molar-refractivity contribution in [2.45, 2.75) is 57.7 Å². The van der Waals surface area contributed by atoms with Crippen LogP contribution < -0.4 is 5.32 Å². The van der Waals surface area contributed by atoms with Gasteiger partial charge in [0.25, 0.3) is 5.22 Å². The summed E-state index contributed by atoms with van der Waals surface area (Å²) < 4.78 is 11.3. The average Bonchev–Trinajstić information content (AvgIpc) is 2.91. The molecule has 5 heteroatoms. The van der Waals surface area contributed by atoms with E-state index < -0.39 is 0 Å². The molecule has 0 amide bonds. The fourth-order valence-corrected chi connectivity index (χ4v) is 2.39. The number of nitrogens with one attached hydrogen (secondary N) is 1. The number of rotatable bonds is 5. The Bertz CT molecular complexity index is 547. The lowest BCUT2D eigenvalue weighted by Crippen LogP contribution is -2.34. The van der Waals surface area contributed by atoms with Crippen LogP contribution in [-0.2, 0) is 12.3 Å². The van der Waals surface area contributed by atoms with Crippen molar-refractivity contribution in [1.29, 1.82) is 0 Å². The summed E-state index contributed by atoms with van der Waals surface area (Å²) in [7, 11) is 0. The Kier molecular flexibility index (Phi) is 4.60. The Morgan fingerprint density at radius 1 is 1.15 bits per heavy atom. The van der Waals surface area contributed by atoms with E-state index in [9.17, 15) is 0 Å². The summed E-state index contributed by atoms with van der Waals surface area (Å²) in [5.74, 6) is 3.50. The topological polar surface area (TPSA) is 51.2 Å². The molecule has 0 aromatic carbocycles. The molecule has 0 unspecified atom stereocenters. The molecule has 110 valence electrons. The average molecular weight is 294 g/mol. The first-order valence-electron chi connectivity index (χ1n) is 6.73. The van der Waals surface area contributed by atoms with Crippen LogP contribution in [-0.4, -0.2) is 10.5 Å². The van der Waals surface area contributed by atoms with E-state index in [-0.39, 0.29) is 5.54 Å². The minimum atomic E-state index is 0.0921. The quantitative estimate of drug-likeness (QED) is 0.843. The Morgan fingerprint density at radius 2 is 1.85 bits per heavy atom. The normalized spacial score (nSPS) is 12.1. The molecule has 2 aromatic rings. The van der Waals surface area contributed by atoms with E-state index in [1.807, 2.05) is 26.0 Å². The minimum Gasteiger partial charge on any atom is -0.464 e. The first-order valence-corrected chi connectivity index (χ1v) is 7.71. The van der Waals surface area contributed by atoms with E-state index in [0.29, 0.717) is 5.22 Å². The van der Waals surface area contributed by atoms with Crippen LogP contribution in [0.1, 0.15) is 43.7 Å². The van der Waals surface area contributed by atoms with Crippen molar-refractivity contribution in [3.8, 4) is 0 Å². The smallest absolute Gasteiger partial charge is 0.256 e. The molecular weight excluding hydrogens is 272 g/mol. The van der Waals surface area contributed by atoms with E-state index in [2.05, 4.69) is 31.1 Å². The van der Waals surface area contributed by atoms with Crippen molar-refractivity contribution < 1.29 is 8.83 Å². The van der Waals surface area contributed by atoms with Gasteiger partial charge in [-0.2, -0.15) is 0 Å². The zero-order valence-corrected chi connectivity index (χ0v) is 13.6. The van der Waals surface area contributed by atoms with Crippen LogP contribution >= 0.6 is 11.8 Å². The molecule has 0 atom stereocenters. The highest BCUT2D eigenvalue weighted by atomic mass is 32.2. The second-order valence-electron chi connectivity index (χ2n) is 5.88. The van der Waals surface area contributed by atoms with E-state index in [4.69, 9.17) is 8.83 Å². The van der Waals surface area contributed by atoms with Gasteiger partial charge in [-0.1, -0.05) is 11.8 Å². The third-order valence-electron chi connectivity index (χ3n) is 2.86. The van der Waals surface area contributed by atoms with Crippen molar-refractivity contribution >= 4 is 11.8 Å². The summed E-state index contributed by atoms with van der Waals surface area (Å²) in [6, 6.07) is 4.02. The fraction of sp³-hybridized carbons (Fsp3) is 0.533. The van der Waals surface area contributed by atoms with Gasteiger partial charge in [0.1, 0.15) is 17.3 Å². The van der Waals surface area contributed by atoms with Gasteiger partial charge in [0, 0.05) is 5.54 Å². The fourth-order valence-electron chi connectivity index (χ4n) is 1.59. The number of nitrogens with zero attached hydrogens (tertiary/aromatic N) is 1. The molecule has 0 fully saturated rings. The summed E-state index contributed by atoms with van der Waals surface area (Å²) in [5, 5.41) is 4.10. The van der Waals surface area contributed by atoms with Crippen LogP contribution in [0.25, 0.3) is 0 Å². The van der Waals surface area contributed by atoms with Gasteiger partial charge in [-0.15, -0.1) is 0 Å². The summed E-state index contributed by atoms with van der Waals surface area (Å²) in [6.45, 7) is 11.0. The molecule has 0 bridgehead atoms. The van der Waals surface area contributed by atoms with Crippen molar-refractivity contribution in [3.63, 3.8) is 0 Å². The second kappa shape index (κ2) is 6.06. The zero-order valence-electron chi connectivity index (χ0n) is 12.7. The highest BCUT2D eigenvalue weighted by Crippen LogP contribution is 2.25. The minimum absolute atomic E-state index is 0.0921. The summed E-state index contributed by atoms with van der Waals surface area (Å²) in [6.07, 6.45) is 0. The number of hydrogen-bond acceptors (Lipinski definition) is 5. The van der Waals surface area contributed by atoms with Crippen LogP contribution in [0.15, 0.2) is 26.2 Å². The molecule has 0 spiro atoms. The third-order valence-corrected chi connectivity index (χ3v) is 3.71. The molecular formula is C15H22N2O2S. The van der Waals surface area contributed by atoms with Gasteiger partial charge in [0.2, 0.25) is 0 Å². The lowest BCUT2D eigenvalue weighted by atomic mass is 10.1. The molecule has 2 rings (SSSR count). The lowest BCUT2D eigenvalue weighted by molar-refractivity contribution is 0.382. The van der Waals surface area contributed by atoms with Crippen molar-refractivity contribution in [2.75, 3.05) is 0 Å². The zero-order chi connectivity index (χ0) is 14.8. The SMILES string of the molecule is Cc1nc(SCc2ccc(CNC(C)(C)C)o2)oc1C. The summed E-state index contributed by atoms with van der Waals surface area (Å²) in [5.41, 5.74) is 1.04. The molecule has 2 aromatic heterocycles. The number of thioether (sulfide) groups is 1. The molecule has 0 radical (unpaired) electrons. The van der Waals surface area contributed by atoms with Crippen LogP contribution in [0.2, 0.25) is 0 Å². The van der Waals surface area contributed by atoms with Gasteiger partial charge < -0.3 is 14.2 Å². The van der Waals surface area contributed by atoms with Crippen molar-refractivity contribution in [2.24, 2.45) is 0 Å². The molecule has 20 heavy (non-hydrogen) atoms. The summed E-state index contributed by atoms with van der Waals surface area (Å²) >= 11 is 1.55. The van der Waals surface area contributed by atoms with Gasteiger partial charge in [-0.05, 0) is 46.8 Å². The molecule has 0 saturated carbocycles. The molecule has 1 N–H and O–H groups in total. The Labute approximate surface area is 124 Å². The maximum Gasteiger partial charge on any atom is 0.256 e. The largest absolute Gasteiger partial charge is 0.464 e. The van der Waals surface area contributed by atoms with E-state index in [1.54, 1.807) is 11.8 Å². The molecule has 0 aliphatic carbocycles. The number of aromatic nitrogens is 1. The lowest BCUT2D eigenvalue weighted by Gasteiger charge is -2.19. The Morgan fingerprint density at radius 3 is 2.45 bits per heavy atom. The van der Waals surface area contributed by atoms with Crippen LogP contribution in [0.3, 0.4) is 0 Å². The van der Waals surface area contributed by atoms with Gasteiger partial charge in [-0.3, -0.25) is 0 Å². The van der Waals surface area contributed by atoms with Crippen molar-refractivity contribution in [1.82, 2.24) is 10.3 Å². The number of aryl methyl sites for hydroxylation is 2. The van der Waals surface area contributed by atoms with Crippen LogP contribution in [0.5, 0.6) is 0 Å². The monoisotopic (exact) mass is 294 g/mol. The first-order chi connectivity index (χ1) is 9.33. The molecule has 0 aliphatic heterocycles. The maximum absolute atomic E-state index is 5.79. The predicted molar refractivity (Wildman–Crippen MR) is 80.8 cm³/mol. The van der Waals surface area contributed by atoms with Crippen LogP contribution in [0, 0.1) is 13.8 Å². The third kappa shape index (κ3) is 4.42. The number of hydrogen-bond donors (Lipinski definition) is 1. The number of furan rings is 1. The van der Waals surface area contributed by atoms with Gasteiger partial charge in [0.15, 0.2) is 0 Å². The van der Waals surface area contributed by atoms with Crippen LogP contribution in [0.4, 0.5) is 0 Å². The van der Waals surface area contributed by atoms with Gasteiger partial charge in [-0.25, -0.2) is 4.98 Å². The molecule has 4 nitrogen and oxygen atoms in total. The van der Waals surface area contributed by atoms with E-state index in [0.717, 1.165) is 35.3 Å². The number of oxazole rings is 1. The summed E-state index contributed by atoms with van der Waals surface area (Å²) in [4.78, 5) is 4.34. The van der Waals surface area contributed by atoms with Crippen molar-refractivity contribution in [3.05, 3.63) is 35.1 Å². The highest BCUT2D eigenvalue weighted by molar-refractivity contribution is 7.98. The standard InChI is InChI=1S/C15H22N2O2S/c1-10-11(2)18-14(17-10)20-9-13-7-6-12(19-13)8-16-15(3,4)5/h6-7,16H,8-9H2,1-5H3. The molecule has 2 heterocycles. The van der Waals surface area contributed by atoms with E-state index in [1.165, 1.54) is 0 Å². The first kappa shape index (κ1) is 15.2. The second-order valence-corrected chi connectivity index (χ2v) is 6.81. The maximum atomic E-state index is 5.79. The predicted octanol–water partition coefficient (Wildman–Crippen LogP) is 4.06. The highest BCUT2D eigenvalue weighted by Gasteiger charge is 2.11. The van der Waals surface area contributed by atoms with E-state index >= 15 is 0 Å².